The van der Waals surface area contributed by atoms with Gasteiger partial charge in [0, 0.05) is 13.1 Å². The Bertz CT molecular complexity index is 213. The van der Waals surface area contributed by atoms with Gasteiger partial charge in [-0.25, -0.2) is 0 Å². The number of nitrogens with one attached hydrogen (secondary N) is 1. The minimum absolute atomic E-state index is 0.317. The molecule has 0 spiro atoms. The van der Waals surface area contributed by atoms with Gasteiger partial charge in [-0.1, -0.05) is 27.2 Å². The minimum Gasteiger partial charge on any atom is -0.337 e. The molecular formula is C13H28N2O2. The zero-order valence-electron chi connectivity index (χ0n) is 12.2. The van der Waals surface area contributed by atoms with Crippen LogP contribution in [-0.2, 0) is 9.59 Å². The van der Waals surface area contributed by atoms with Crippen LogP contribution in [0.4, 0.5) is 0 Å². The van der Waals surface area contributed by atoms with E-state index in [9.17, 15) is 9.59 Å². The summed E-state index contributed by atoms with van der Waals surface area (Å²) in [5.74, 6) is -0.684. The van der Waals surface area contributed by atoms with E-state index in [4.69, 9.17) is 0 Å². The van der Waals surface area contributed by atoms with Gasteiger partial charge >= 0.3 is 0 Å². The summed E-state index contributed by atoms with van der Waals surface area (Å²) in [6, 6.07) is -0.330. The summed E-state index contributed by atoms with van der Waals surface area (Å²) in [7, 11) is 1.72. The molecule has 0 aromatic rings. The van der Waals surface area contributed by atoms with Gasteiger partial charge in [-0.05, 0) is 27.3 Å². The maximum Gasteiger partial charge on any atom is 0.291 e. The van der Waals surface area contributed by atoms with Crippen LogP contribution >= 0.6 is 0 Å². The standard InChI is InChI=1S/C11H22N2O2.C2H6/c1-5-8-9(12-4)10(14)11(15)13(6-2)7-3;1-2/h9,12H,5-8H2,1-4H3;1-2H3. The predicted octanol–water partition coefficient (Wildman–Crippen LogP) is 1.84. The SMILES string of the molecule is CC.CCCC(NC)C(=O)C(=O)N(CC)CC. The first-order chi connectivity index (χ1) is 8.12. The summed E-state index contributed by atoms with van der Waals surface area (Å²) in [5.41, 5.74) is 0. The summed E-state index contributed by atoms with van der Waals surface area (Å²) >= 11 is 0. The molecule has 17 heavy (non-hydrogen) atoms. The number of carbonyl (C=O) groups excluding carboxylic acids is 2. The average molecular weight is 244 g/mol. The lowest BCUT2D eigenvalue weighted by atomic mass is 10.1. The van der Waals surface area contributed by atoms with Crippen molar-refractivity contribution in [1.29, 1.82) is 0 Å². The Morgan fingerprint density at radius 1 is 1.12 bits per heavy atom. The lowest BCUT2D eigenvalue weighted by molar-refractivity contribution is -0.145. The van der Waals surface area contributed by atoms with Gasteiger partial charge < -0.3 is 10.2 Å². The van der Waals surface area contributed by atoms with Crippen LogP contribution < -0.4 is 5.32 Å². The molecule has 0 saturated heterocycles. The van der Waals surface area contributed by atoms with Crippen molar-refractivity contribution in [3.05, 3.63) is 0 Å². The lowest BCUT2D eigenvalue weighted by Gasteiger charge is -2.21. The number of rotatable bonds is 7. The highest BCUT2D eigenvalue weighted by molar-refractivity contribution is 6.38. The van der Waals surface area contributed by atoms with Crippen molar-refractivity contribution in [2.75, 3.05) is 20.1 Å². The fourth-order valence-corrected chi connectivity index (χ4v) is 1.51. The molecule has 4 nitrogen and oxygen atoms in total. The molecular weight excluding hydrogens is 216 g/mol. The second kappa shape index (κ2) is 11.6. The molecule has 0 saturated carbocycles. The molecule has 0 aliphatic rings. The van der Waals surface area contributed by atoms with E-state index in [1.165, 1.54) is 0 Å². The third kappa shape index (κ3) is 6.41. The first-order valence-corrected chi connectivity index (χ1v) is 6.62. The molecule has 0 heterocycles. The van der Waals surface area contributed by atoms with E-state index >= 15 is 0 Å². The van der Waals surface area contributed by atoms with Crippen molar-refractivity contribution < 1.29 is 9.59 Å². The van der Waals surface area contributed by atoms with Crippen molar-refractivity contribution in [2.45, 2.75) is 53.5 Å². The Kier molecular flexibility index (Phi) is 12.6. The van der Waals surface area contributed by atoms with Crippen LogP contribution in [0.5, 0.6) is 0 Å². The number of nitrogens with zero attached hydrogens (tertiary/aromatic N) is 1. The van der Waals surface area contributed by atoms with E-state index in [0.717, 1.165) is 6.42 Å². The fraction of sp³-hybridized carbons (Fsp3) is 0.846. The van der Waals surface area contributed by atoms with E-state index in [1.54, 1.807) is 11.9 Å². The molecule has 0 aliphatic carbocycles. The first kappa shape index (κ1) is 18.5. The molecule has 0 aliphatic heterocycles. The summed E-state index contributed by atoms with van der Waals surface area (Å²) < 4.78 is 0. The third-order valence-corrected chi connectivity index (χ3v) is 2.50. The molecule has 0 radical (unpaired) electrons. The normalized spacial score (nSPS) is 11.2. The highest BCUT2D eigenvalue weighted by Crippen LogP contribution is 2.01. The number of hydrogen-bond acceptors (Lipinski definition) is 3. The van der Waals surface area contributed by atoms with Crippen LogP contribution in [0.15, 0.2) is 0 Å². The Balaban J connectivity index is 0. The van der Waals surface area contributed by atoms with Gasteiger partial charge in [-0.2, -0.15) is 0 Å². The van der Waals surface area contributed by atoms with Crippen LogP contribution in [-0.4, -0.2) is 42.8 Å². The van der Waals surface area contributed by atoms with Gasteiger partial charge in [0.05, 0.1) is 6.04 Å². The van der Waals surface area contributed by atoms with E-state index in [1.807, 2.05) is 34.6 Å². The van der Waals surface area contributed by atoms with Crippen molar-refractivity contribution in [3.8, 4) is 0 Å². The van der Waals surface area contributed by atoms with Crippen molar-refractivity contribution in [3.63, 3.8) is 0 Å². The van der Waals surface area contributed by atoms with E-state index in [-0.39, 0.29) is 17.7 Å². The number of amides is 1. The molecule has 102 valence electrons. The fourth-order valence-electron chi connectivity index (χ4n) is 1.51. The molecule has 0 rings (SSSR count). The first-order valence-electron chi connectivity index (χ1n) is 6.62. The van der Waals surface area contributed by atoms with Gasteiger partial charge in [-0.3, -0.25) is 9.59 Å². The van der Waals surface area contributed by atoms with Crippen LogP contribution in [0, 0.1) is 0 Å². The van der Waals surface area contributed by atoms with Crippen LogP contribution in [0.25, 0.3) is 0 Å². The second-order valence-corrected chi connectivity index (χ2v) is 3.47. The smallest absolute Gasteiger partial charge is 0.291 e. The number of ketones is 1. The molecule has 0 fully saturated rings. The predicted molar refractivity (Wildman–Crippen MR) is 72.0 cm³/mol. The summed E-state index contributed by atoms with van der Waals surface area (Å²) in [5, 5.41) is 2.89. The monoisotopic (exact) mass is 244 g/mol. The number of carbonyl (C=O) groups is 2. The maximum atomic E-state index is 11.8. The van der Waals surface area contributed by atoms with Gasteiger partial charge in [0.1, 0.15) is 0 Å². The van der Waals surface area contributed by atoms with E-state index < -0.39 is 0 Å². The third-order valence-electron chi connectivity index (χ3n) is 2.50. The maximum absolute atomic E-state index is 11.8. The molecule has 0 aromatic carbocycles. The Morgan fingerprint density at radius 3 is 1.88 bits per heavy atom. The summed E-state index contributed by atoms with van der Waals surface area (Å²) in [6.07, 6.45) is 1.60. The highest BCUT2D eigenvalue weighted by Gasteiger charge is 2.26. The van der Waals surface area contributed by atoms with E-state index in [2.05, 4.69) is 5.32 Å². The summed E-state index contributed by atoms with van der Waals surface area (Å²) in [4.78, 5) is 25.0. The quantitative estimate of drug-likeness (QED) is 0.695. The zero-order valence-corrected chi connectivity index (χ0v) is 12.2. The Morgan fingerprint density at radius 2 is 1.59 bits per heavy atom. The molecule has 0 bridgehead atoms. The average Bonchev–Trinajstić information content (AvgIpc) is 2.38. The lowest BCUT2D eigenvalue weighted by Crippen LogP contribution is -2.45. The van der Waals surface area contributed by atoms with Gasteiger partial charge in [0.15, 0.2) is 0 Å². The molecule has 1 atom stereocenters. The van der Waals surface area contributed by atoms with Gasteiger partial charge in [-0.15, -0.1) is 0 Å². The Labute approximate surface area is 106 Å². The number of likely N-dealkylation sites (N-methyl/N-ethyl adjacent to an activating group) is 2. The zero-order chi connectivity index (χ0) is 13.8. The highest BCUT2D eigenvalue weighted by atomic mass is 16.2. The van der Waals surface area contributed by atoms with Crippen LogP contribution in [0.2, 0.25) is 0 Å². The van der Waals surface area contributed by atoms with Crippen molar-refractivity contribution >= 4 is 11.7 Å². The van der Waals surface area contributed by atoms with Crippen LogP contribution in [0.3, 0.4) is 0 Å². The van der Waals surface area contributed by atoms with Gasteiger partial charge in [0.2, 0.25) is 5.78 Å². The minimum atomic E-state index is -0.368. The second-order valence-electron chi connectivity index (χ2n) is 3.47. The molecule has 0 aromatic heterocycles. The molecule has 4 heteroatoms. The summed E-state index contributed by atoms with van der Waals surface area (Å²) in [6.45, 7) is 10.9. The topological polar surface area (TPSA) is 49.4 Å². The molecule has 1 amide bonds. The molecule has 1 N–H and O–H groups in total. The van der Waals surface area contributed by atoms with Crippen molar-refractivity contribution in [2.24, 2.45) is 0 Å². The van der Waals surface area contributed by atoms with Gasteiger partial charge in [0.25, 0.3) is 5.91 Å². The van der Waals surface area contributed by atoms with Crippen LogP contribution in [0.1, 0.15) is 47.5 Å². The van der Waals surface area contributed by atoms with E-state index in [0.29, 0.717) is 19.5 Å². The molecule has 1 unspecified atom stereocenters. The number of Topliss-reactive ketones (excluding diaryl/α,β-unsaturated/α-hetero) is 1. The Hall–Kier alpha value is -0.900. The number of hydrogen-bond donors (Lipinski definition) is 1. The largest absolute Gasteiger partial charge is 0.337 e. The van der Waals surface area contributed by atoms with Crippen molar-refractivity contribution in [1.82, 2.24) is 10.2 Å².